The van der Waals surface area contributed by atoms with Gasteiger partial charge >= 0.3 is 5.82 Å². The predicted molar refractivity (Wildman–Crippen MR) is 90.6 cm³/mol. The van der Waals surface area contributed by atoms with Crippen molar-refractivity contribution in [2.45, 2.75) is 39.8 Å². The van der Waals surface area contributed by atoms with E-state index in [0.29, 0.717) is 18.8 Å². The van der Waals surface area contributed by atoms with Crippen molar-refractivity contribution in [3.8, 4) is 0 Å². The van der Waals surface area contributed by atoms with Gasteiger partial charge in [-0.15, -0.1) is 0 Å². The first-order valence-electron chi connectivity index (χ1n) is 7.47. The molecule has 0 aliphatic rings. The van der Waals surface area contributed by atoms with Gasteiger partial charge in [0.15, 0.2) is 0 Å². The summed E-state index contributed by atoms with van der Waals surface area (Å²) in [6.07, 6.45) is 2.62. The highest BCUT2D eigenvalue weighted by Gasteiger charge is 2.24. The van der Waals surface area contributed by atoms with Crippen LogP contribution in [0.2, 0.25) is 0 Å². The molecule has 10 heteroatoms. The third-order valence-electron chi connectivity index (χ3n) is 3.59. The maximum atomic E-state index is 12.2. The Bertz CT molecular complexity index is 734. The van der Waals surface area contributed by atoms with E-state index < -0.39 is 11.0 Å². The van der Waals surface area contributed by atoms with Gasteiger partial charge in [0.1, 0.15) is 6.04 Å². The van der Waals surface area contributed by atoms with Gasteiger partial charge in [-0.25, -0.2) is 0 Å². The molecule has 9 nitrogen and oxygen atoms in total. The van der Waals surface area contributed by atoms with Gasteiger partial charge in [-0.2, -0.15) is 9.78 Å². The van der Waals surface area contributed by atoms with E-state index in [1.54, 1.807) is 13.8 Å². The van der Waals surface area contributed by atoms with Crippen LogP contribution in [0.1, 0.15) is 30.8 Å². The standard InChI is InChI=1S/C14H19BrN6O3/c1-9-7-13(21(23)24)18-20(9)11(3)14(22)16-5-4-6-19-8-12(15)10(2)17-19/h7-8,11H,4-6H2,1-3H3,(H,16,22). The van der Waals surface area contributed by atoms with Crippen molar-refractivity contribution in [2.75, 3.05) is 6.54 Å². The lowest BCUT2D eigenvalue weighted by molar-refractivity contribution is -0.389. The fourth-order valence-corrected chi connectivity index (χ4v) is 2.59. The van der Waals surface area contributed by atoms with Crippen molar-refractivity contribution in [1.29, 1.82) is 0 Å². The summed E-state index contributed by atoms with van der Waals surface area (Å²) in [5.41, 5.74) is 1.49. The van der Waals surface area contributed by atoms with Crippen molar-refractivity contribution in [3.63, 3.8) is 0 Å². The predicted octanol–water partition coefficient (Wildman–Crippen LogP) is 2.13. The molecule has 0 fully saturated rings. The number of rotatable bonds is 7. The Morgan fingerprint density at radius 3 is 2.71 bits per heavy atom. The molecule has 0 bridgehead atoms. The SMILES string of the molecule is Cc1nn(CCCNC(=O)C(C)n2nc([N+](=O)[O-])cc2C)cc1Br. The Morgan fingerprint density at radius 1 is 1.46 bits per heavy atom. The van der Waals surface area contributed by atoms with E-state index in [-0.39, 0.29) is 11.7 Å². The minimum Gasteiger partial charge on any atom is -0.358 e. The summed E-state index contributed by atoms with van der Waals surface area (Å²) in [4.78, 5) is 22.3. The first-order valence-corrected chi connectivity index (χ1v) is 8.26. The topological polar surface area (TPSA) is 108 Å². The second-order valence-electron chi connectivity index (χ2n) is 5.49. The van der Waals surface area contributed by atoms with Gasteiger partial charge in [-0.1, -0.05) is 0 Å². The van der Waals surface area contributed by atoms with Gasteiger partial charge in [0.25, 0.3) is 0 Å². The number of carbonyl (C=O) groups is 1. The zero-order chi connectivity index (χ0) is 17.9. The van der Waals surface area contributed by atoms with E-state index >= 15 is 0 Å². The lowest BCUT2D eigenvalue weighted by Crippen LogP contribution is -2.33. The fourth-order valence-electron chi connectivity index (χ4n) is 2.27. The Labute approximate surface area is 147 Å². The average Bonchev–Trinajstić information content (AvgIpc) is 3.06. The van der Waals surface area contributed by atoms with Crippen LogP contribution in [0.4, 0.5) is 5.82 Å². The van der Waals surface area contributed by atoms with Crippen molar-refractivity contribution in [2.24, 2.45) is 0 Å². The van der Waals surface area contributed by atoms with E-state index in [1.807, 2.05) is 17.8 Å². The maximum Gasteiger partial charge on any atom is 0.390 e. The molecule has 0 saturated carbocycles. The molecule has 130 valence electrons. The molecule has 0 aromatic carbocycles. The molecule has 1 N–H and O–H groups in total. The van der Waals surface area contributed by atoms with Gasteiger partial charge < -0.3 is 15.4 Å². The maximum absolute atomic E-state index is 12.2. The lowest BCUT2D eigenvalue weighted by Gasteiger charge is -2.11. The number of aromatic nitrogens is 4. The van der Waals surface area contributed by atoms with Gasteiger partial charge in [0.05, 0.1) is 27.0 Å². The van der Waals surface area contributed by atoms with E-state index in [0.717, 1.165) is 16.6 Å². The molecule has 0 spiro atoms. The number of nitro groups is 1. The van der Waals surface area contributed by atoms with Crippen LogP contribution in [0, 0.1) is 24.0 Å². The molecule has 24 heavy (non-hydrogen) atoms. The van der Waals surface area contributed by atoms with Gasteiger partial charge in [0, 0.05) is 19.3 Å². The number of nitrogens with one attached hydrogen (secondary N) is 1. The Morgan fingerprint density at radius 2 is 2.17 bits per heavy atom. The number of halogens is 1. The first kappa shape index (κ1) is 18.1. The summed E-state index contributed by atoms with van der Waals surface area (Å²) >= 11 is 3.40. The minimum atomic E-state index is -0.611. The largest absolute Gasteiger partial charge is 0.390 e. The van der Waals surface area contributed by atoms with Crippen LogP contribution in [0.15, 0.2) is 16.7 Å². The highest BCUT2D eigenvalue weighted by atomic mass is 79.9. The zero-order valence-corrected chi connectivity index (χ0v) is 15.3. The highest BCUT2D eigenvalue weighted by molar-refractivity contribution is 9.10. The van der Waals surface area contributed by atoms with Crippen LogP contribution in [0.25, 0.3) is 0 Å². The molecule has 0 aliphatic heterocycles. The molecule has 0 aliphatic carbocycles. The van der Waals surface area contributed by atoms with Gasteiger partial charge in [-0.05, 0) is 48.0 Å². The Kier molecular flexibility index (Phi) is 5.71. The third-order valence-corrected chi connectivity index (χ3v) is 4.37. The molecular formula is C14H19BrN6O3. The van der Waals surface area contributed by atoms with Crippen LogP contribution in [-0.4, -0.2) is 36.9 Å². The van der Waals surface area contributed by atoms with Gasteiger partial charge in [-0.3, -0.25) is 9.48 Å². The van der Waals surface area contributed by atoms with E-state index in [1.165, 1.54) is 10.7 Å². The third kappa shape index (κ3) is 4.19. The lowest BCUT2D eigenvalue weighted by atomic mass is 10.3. The molecular weight excluding hydrogens is 380 g/mol. The van der Waals surface area contributed by atoms with Crippen molar-refractivity contribution in [1.82, 2.24) is 24.9 Å². The molecule has 0 radical (unpaired) electrons. The molecule has 1 unspecified atom stereocenters. The molecule has 2 aromatic heterocycles. The number of carbonyl (C=O) groups excluding carboxylic acids is 1. The van der Waals surface area contributed by atoms with Crippen molar-refractivity contribution < 1.29 is 9.72 Å². The van der Waals surface area contributed by atoms with Crippen LogP contribution < -0.4 is 5.32 Å². The Balaban J connectivity index is 1.84. The summed E-state index contributed by atoms with van der Waals surface area (Å²) < 4.78 is 4.13. The molecule has 2 heterocycles. The summed E-state index contributed by atoms with van der Waals surface area (Å²) in [5, 5.41) is 21.7. The normalized spacial score (nSPS) is 12.2. The first-order chi connectivity index (χ1) is 11.3. The summed E-state index contributed by atoms with van der Waals surface area (Å²) in [6.45, 7) is 6.43. The highest BCUT2D eigenvalue weighted by Crippen LogP contribution is 2.16. The molecule has 0 saturated heterocycles. The molecule has 2 rings (SSSR count). The van der Waals surface area contributed by atoms with Crippen LogP contribution in [0.5, 0.6) is 0 Å². The van der Waals surface area contributed by atoms with Crippen LogP contribution in [-0.2, 0) is 11.3 Å². The van der Waals surface area contributed by atoms with Gasteiger partial charge in [0.2, 0.25) is 5.91 Å². The smallest absolute Gasteiger partial charge is 0.358 e. The quantitative estimate of drug-likeness (QED) is 0.436. The van der Waals surface area contributed by atoms with E-state index in [4.69, 9.17) is 0 Å². The fraction of sp³-hybridized carbons (Fsp3) is 0.500. The number of amides is 1. The number of nitrogens with zero attached hydrogens (tertiary/aromatic N) is 5. The summed E-state index contributed by atoms with van der Waals surface area (Å²) in [7, 11) is 0. The summed E-state index contributed by atoms with van der Waals surface area (Å²) in [6, 6.07) is 0.738. The van der Waals surface area contributed by atoms with E-state index in [2.05, 4.69) is 31.4 Å². The second kappa shape index (κ2) is 7.56. The Hall–Kier alpha value is -2.23. The number of hydrogen-bond acceptors (Lipinski definition) is 5. The van der Waals surface area contributed by atoms with E-state index in [9.17, 15) is 14.9 Å². The molecule has 2 aromatic rings. The van der Waals surface area contributed by atoms with Crippen LogP contribution >= 0.6 is 15.9 Å². The zero-order valence-electron chi connectivity index (χ0n) is 13.7. The number of aryl methyl sites for hydroxylation is 3. The molecule has 1 amide bonds. The monoisotopic (exact) mass is 398 g/mol. The second-order valence-corrected chi connectivity index (χ2v) is 6.35. The van der Waals surface area contributed by atoms with Crippen molar-refractivity contribution in [3.05, 3.63) is 38.2 Å². The number of hydrogen-bond donors (Lipinski definition) is 1. The van der Waals surface area contributed by atoms with Crippen LogP contribution in [0.3, 0.4) is 0 Å². The van der Waals surface area contributed by atoms with Crippen molar-refractivity contribution >= 4 is 27.7 Å². The minimum absolute atomic E-state index is 0.228. The average molecular weight is 399 g/mol. The summed E-state index contributed by atoms with van der Waals surface area (Å²) in [5.74, 6) is -0.485. The molecule has 1 atom stereocenters.